The minimum Gasteiger partial charge on any atom is -0.484 e. The summed E-state index contributed by atoms with van der Waals surface area (Å²) in [5, 5.41) is 3.46. The first-order chi connectivity index (χ1) is 14.0. The van der Waals surface area contributed by atoms with Gasteiger partial charge in [0.25, 0.3) is 5.91 Å². The van der Waals surface area contributed by atoms with Crippen molar-refractivity contribution in [3.05, 3.63) is 53.1 Å². The van der Waals surface area contributed by atoms with Crippen LogP contribution in [0, 0.1) is 0 Å². The van der Waals surface area contributed by atoms with Crippen LogP contribution in [-0.2, 0) is 9.53 Å². The molecule has 1 fully saturated rings. The van der Waals surface area contributed by atoms with Gasteiger partial charge in [0.05, 0.1) is 24.0 Å². The maximum atomic E-state index is 12.5. The van der Waals surface area contributed by atoms with Crippen LogP contribution >= 0.6 is 11.6 Å². The molecule has 0 saturated carbocycles. The molecule has 0 radical (unpaired) electrons. The largest absolute Gasteiger partial charge is 0.484 e. The van der Waals surface area contributed by atoms with E-state index in [0.717, 1.165) is 31.9 Å². The maximum absolute atomic E-state index is 12.5. The van der Waals surface area contributed by atoms with Crippen molar-refractivity contribution in [2.75, 3.05) is 57.2 Å². The molecule has 29 heavy (non-hydrogen) atoms. The fourth-order valence-electron chi connectivity index (χ4n) is 3.07. The van der Waals surface area contributed by atoms with Crippen molar-refractivity contribution in [1.82, 2.24) is 4.90 Å². The molecular weight excluding hydrogens is 394 g/mol. The normalized spacial score (nSPS) is 14.4. The van der Waals surface area contributed by atoms with E-state index in [0.29, 0.717) is 22.0 Å². The number of amides is 1. The highest BCUT2D eigenvalue weighted by Crippen LogP contribution is 2.28. The Morgan fingerprint density at radius 2 is 1.76 bits per heavy atom. The van der Waals surface area contributed by atoms with Gasteiger partial charge in [0.2, 0.25) is 0 Å². The van der Waals surface area contributed by atoms with Gasteiger partial charge in [-0.1, -0.05) is 11.6 Å². The summed E-state index contributed by atoms with van der Waals surface area (Å²) in [5.74, 6) is -0.229. The van der Waals surface area contributed by atoms with Crippen molar-refractivity contribution in [3.8, 4) is 5.75 Å². The standard InChI is InChI=1S/C21H24ClN3O4/c1-24-9-11-25(12-10-24)19-8-3-15(21(27)28-2)13-18(19)23-20(26)14-29-17-6-4-16(22)5-7-17/h3-8,13H,9-12,14H2,1-2H3,(H,23,26). The highest BCUT2D eigenvalue weighted by atomic mass is 35.5. The van der Waals surface area contributed by atoms with Gasteiger partial charge in [0.15, 0.2) is 6.61 Å². The first-order valence-electron chi connectivity index (χ1n) is 9.30. The van der Waals surface area contributed by atoms with Crippen molar-refractivity contribution in [3.63, 3.8) is 0 Å². The summed E-state index contributed by atoms with van der Waals surface area (Å²) < 4.78 is 10.3. The van der Waals surface area contributed by atoms with E-state index < -0.39 is 5.97 Å². The summed E-state index contributed by atoms with van der Waals surface area (Å²) >= 11 is 5.85. The van der Waals surface area contributed by atoms with E-state index in [1.54, 1.807) is 36.4 Å². The number of halogens is 1. The second-order valence-electron chi connectivity index (χ2n) is 6.80. The zero-order chi connectivity index (χ0) is 20.8. The van der Waals surface area contributed by atoms with E-state index in [4.69, 9.17) is 21.1 Å². The zero-order valence-corrected chi connectivity index (χ0v) is 17.2. The number of piperazine rings is 1. The van der Waals surface area contributed by atoms with Crippen LogP contribution in [0.1, 0.15) is 10.4 Å². The van der Waals surface area contributed by atoms with Crippen LogP contribution < -0.4 is 15.0 Å². The highest BCUT2D eigenvalue weighted by Gasteiger charge is 2.20. The van der Waals surface area contributed by atoms with Crippen molar-refractivity contribution in [2.45, 2.75) is 0 Å². The molecule has 1 aliphatic heterocycles. The van der Waals surface area contributed by atoms with Gasteiger partial charge >= 0.3 is 5.97 Å². The third-order valence-corrected chi connectivity index (χ3v) is 4.97. The van der Waals surface area contributed by atoms with Crippen LogP contribution in [0.4, 0.5) is 11.4 Å². The number of carbonyl (C=O) groups is 2. The lowest BCUT2D eigenvalue weighted by molar-refractivity contribution is -0.118. The molecule has 154 valence electrons. The Morgan fingerprint density at radius 1 is 1.07 bits per heavy atom. The number of benzene rings is 2. The fraction of sp³-hybridized carbons (Fsp3) is 0.333. The van der Waals surface area contributed by atoms with E-state index in [2.05, 4.69) is 22.2 Å². The second-order valence-corrected chi connectivity index (χ2v) is 7.24. The van der Waals surface area contributed by atoms with Gasteiger partial charge in [-0.25, -0.2) is 4.79 Å². The van der Waals surface area contributed by atoms with E-state index in [1.165, 1.54) is 7.11 Å². The molecule has 1 N–H and O–H groups in total. The van der Waals surface area contributed by atoms with Crippen LogP contribution in [0.5, 0.6) is 5.75 Å². The average Bonchev–Trinajstić information content (AvgIpc) is 2.73. The van der Waals surface area contributed by atoms with Gasteiger partial charge in [-0.05, 0) is 49.5 Å². The maximum Gasteiger partial charge on any atom is 0.337 e. The summed E-state index contributed by atoms with van der Waals surface area (Å²) in [4.78, 5) is 28.9. The summed E-state index contributed by atoms with van der Waals surface area (Å²) in [6.07, 6.45) is 0. The topological polar surface area (TPSA) is 71.1 Å². The summed E-state index contributed by atoms with van der Waals surface area (Å²) in [6, 6.07) is 12.0. The van der Waals surface area contributed by atoms with Gasteiger partial charge in [0, 0.05) is 31.2 Å². The summed E-state index contributed by atoms with van der Waals surface area (Å²) in [5.41, 5.74) is 1.80. The zero-order valence-electron chi connectivity index (χ0n) is 16.5. The van der Waals surface area contributed by atoms with E-state index in [1.807, 2.05) is 6.07 Å². The number of carbonyl (C=O) groups excluding carboxylic acids is 2. The third kappa shape index (κ3) is 5.62. The van der Waals surface area contributed by atoms with E-state index >= 15 is 0 Å². The number of hydrogen-bond donors (Lipinski definition) is 1. The number of ether oxygens (including phenoxy) is 2. The van der Waals surface area contributed by atoms with Crippen molar-refractivity contribution in [2.24, 2.45) is 0 Å². The molecule has 0 bridgehead atoms. The van der Waals surface area contributed by atoms with Gasteiger partial charge in [-0.3, -0.25) is 4.79 Å². The monoisotopic (exact) mass is 417 g/mol. The molecule has 2 aromatic carbocycles. The van der Waals surface area contributed by atoms with E-state index in [-0.39, 0.29) is 12.5 Å². The highest BCUT2D eigenvalue weighted by molar-refractivity contribution is 6.30. The molecule has 0 aromatic heterocycles. The van der Waals surface area contributed by atoms with Crippen molar-refractivity contribution < 1.29 is 19.1 Å². The van der Waals surface area contributed by atoms with Gasteiger partial charge in [-0.2, -0.15) is 0 Å². The second kappa shape index (κ2) is 9.62. The van der Waals surface area contributed by atoms with Gasteiger partial charge < -0.3 is 24.6 Å². The number of nitrogens with zero attached hydrogens (tertiary/aromatic N) is 2. The first-order valence-corrected chi connectivity index (χ1v) is 9.68. The molecule has 8 heteroatoms. The molecular formula is C21H24ClN3O4. The number of esters is 1. The number of hydrogen-bond acceptors (Lipinski definition) is 6. The quantitative estimate of drug-likeness (QED) is 0.729. The molecule has 0 aliphatic carbocycles. The number of methoxy groups -OCH3 is 1. The minimum absolute atomic E-state index is 0.160. The number of nitrogens with one attached hydrogen (secondary N) is 1. The molecule has 0 spiro atoms. The lowest BCUT2D eigenvalue weighted by Gasteiger charge is -2.35. The molecule has 1 heterocycles. The van der Waals surface area contributed by atoms with Gasteiger partial charge in [-0.15, -0.1) is 0 Å². The van der Waals surface area contributed by atoms with Crippen LogP contribution in [0.25, 0.3) is 0 Å². The predicted octanol–water partition coefficient (Wildman–Crippen LogP) is 2.90. The van der Waals surface area contributed by atoms with Crippen molar-refractivity contribution >= 4 is 34.9 Å². The summed E-state index contributed by atoms with van der Waals surface area (Å²) in [7, 11) is 3.41. The number of likely N-dealkylation sites (N-methyl/N-ethyl adjacent to an activating group) is 1. The first kappa shape index (κ1) is 21.0. The molecule has 3 rings (SSSR count). The Kier molecular flexibility index (Phi) is 6.95. The SMILES string of the molecule is COC(=O)c1ccc(N2CCN(C)CC2)c(NC(=O)COc2ccc(Cl)cc2)c1. The molecule has 7 nitrogen and oxygen atoms in total. The molecule has 1 amide bonds. The predicted molar refractivity (Wildman–Crippen MR) is 113 cm³/mol. The Labute approximate surface area is 175 Å². The lowest BCUT2D eigenvalue weighted by atomic mass is 10.1. The van der Waals surface area contributed by atoms with Crippen LogP contribution in [0.15, 0.2) is 42.5 Å². The van der Waals surface area contributed by atoms with Crippen molar-refractivity contribution in [1.29, 1.82) is 0 Å². The Bertz CT molecular complexity index is 865. The fourth-order valence-corrected chi connectivity index (χ4v) is 3.20. The summed E-state index contributed by atoms with van der Waals surface area (Å²) in [6.45, 7) is 3.35. The minimum atomic E-state index is -0.456. The lowest BCUT2D eigenvalue weighted by Crippen LogP contribution is -2.44. The number of anilines is 2. The Hall–Kier alpha value is -2.77. The Morgan fingerprint density at radius 3 is 2.41 bits per heavy atom. The van der Waals surface area contributed by atoms with Gasteiger partial charge in [0.1, 0.15) is 5.75 Å². The van der Waals surface area contributed by atoms with Crippen LogP contribution in [0.3, 0.4) is 0 Å². The molecule has 1 aliphatic rings. The van der Waals surface area contributed by atoms with Crippen LogP contribution in [-0.4, -0.2) is 63.7 Å². The Balaban J connectivity index is 1.74. The molecule has 0 unspecified atom stereocenters. The molecule has 1 saturated heterocycles. The molecule has 0 atom stereocenters. The average molecular weight is 418 g/mol. The smallest absolute Gasteiger partial charge is 0.337 e. The van der Waals surface area contributed by atoms with Crippen LogP contribution in [0.2, 0.25) is 5.02 Å². The molecule has 2 aromatic rings. The third-order valence-electron chi connectivity index (χ3n) is 4.72. The number of rotatable bonds is 6. The van der Waals surface area contributed by atoms with E-state index in [9.17, 15) is 9.59 Å².